The number of ether oxygens (including phenoxy) is 1. The van der Waals surface area contributed by atoms with E-state index in [9.17, 15) is 4.79 Å². The number of nitrogens with zero attached hydrogens (tertiary/aromatic N) is 1. The standard InChI is InChI=1S/C17H21NO3/c1-2-20-15-8-6-7-13-11-14(17(19)21-16(13)15)12-18-9-4-3-5-10-18/h6-8,11H,2-5,9-10,12H2,1H3. The smallest absolute Gasteiger partial charge is 0.340 e. The predicted octanol–water partition coefficient (Wildman–Crippen LogP) is 3.18. The molecule has 0 spiro atoms. The second-order valence-electron chi connectivity index (χ2n) is 5.50. The molecule has 0 radical (unpaired) electrons. The molecule has 1 fully saturated rings. The van der Waals surface area contributed by atoms with Crippen LogP contribution in [0.3, 0.4) is 0 Å². The third-order valence-electron chi connectivity index (χ3n) is 3.94. The summed E-state index contributed by atoms with van der Waals surface area (Å²) in [5.41, 5.74) is 1.03. The van der Waals surface area contributed by atoms with Gasteiger partial charge in [0.15, 0.2) is 11.3 Å². The summed E-state index contributed by atoms with van der Waals surface area (Å²) in [5.74, 6) is 0.636. The van der Waals surface area contributed by atoms with Gasteiger partial charge >= 0.3 is 5.63 Å². The van der Waals surface area contributed by atoms with Crippen molar-refractivity contribution in [3.8, 4) is 5.75 Å². The summed E-state index contributed by atoms with van der Waals surface area (Å²) in [5, 5.41) is 0.924. The molecule has 1 saturated heterocycles. The molecule has 21 heavy (non-hydrogen) atoms. The Morgan fingerprint density at radius 2 is 2.05 bits per heavy atom. The monoisotopic (exact) mass is 287 g/mol. The van der Waals surface area contributed by atoms with Gasteiger partial charge in [-0.2, -0.15) is 0 Å². The number of hydrogen-bond acceptors (Lipinski definition) is 4. The van der Waals surface area contributed by atoms with Crippen LogP contribution in [0.1, 0.15) is 31.7 Å². The van der Waals surface area contributed by atoms with Gasteiger partial charge in [-0.15, -0.1) is 0 Å². The average molecular weight is 287 g/mol. The zero-order valence-electron chi connectivity index (χ0n) is 12.4. The van der Waals surface area contributed by atoms with Crippen molar-refractivity contribution in [2.45, 2.75) is 32.7 Å². The minimum Gasteiger partial charge on any atom is -0.490 e. The van der Waals surface area contributed by atoms with Gasteiger partial charge in [0.2, 0.25) is 0 Å². The average Bonchev–Trinajstić information content (AvgIpc) is 2.50. The number of piperidine rings is 1. The van der Waals surface area contributed by atoms with Gasteiger partial charge in [0, 0.05) is 11.9 Å². The van der Waals surface area contributed by atoms with Gasteiger partial charge in [-0.1, -0.05) is 18.6 Å². The van der Waals surface area contributed by atoms with E-state index in [1.54, 1.807) is 0 Å². The Morgan fingerprint density at radius 3 is 2.81 bits per heavy atom. The minimum atomic E-state index is -0.250. The Hall–Kier alpha value is -1.81. The summed E-state index contributed by atoms with van der Waals surface area (Å²) in [4.78, 5) is 14.5. The first kappa shape index (κ1) is 14.1. The fourth-order valence-electron chi connectivity index (χ4n) is 2.90. The minimum absolute atomic E-state index is 0.250. The van der Waals surface area contributed by atoms with E-state index in [2.05, 4.69) is 4.90 Å². The molecule has 3 rings (SSSR count). The molecule has 0 unspecified atom stereocenters. The summed E-state index contributed by atoms with van der Waals surface area (Å²) in [7, 11) is 0. The Bertz CT molecular complexity index is 671. The summed E-state index contributed by atoms with van der Waals surface area (Å²) in [6.45, 7) is 5.28. The number of benzene rings is 1. The second-order valence-corrected chi connectivity index (χ2v) is 5.50. The molecular weight excluding hydrogens is 266 g/mol. The van der Waals surface area contributed by atoms with Crippen LogP contribution in [0.2, 0.25) is 0 Å². The van der Waals surface area contributed by atoms with Crippen molar-refractivity contribution in [1.29, 1.82) is 0 Å². The molecule has 0 atom stereocenters. The van der Waals surface area contributed by atoms with Crippen LogP contribution in [0.4, 0.5) is 0 Å². The van der Waals surface area contributed by atoms with Gasteiger partial charge in [-0.3, -0.25) is 4.90 Å². The topological polar surface area (TPSA) is 42.7 Å². The van der Waals surface area contributed by atoms with E-state index < -0.39 is 0 Å². The lowest BCUT2D eigenvalue weighted by Crippen LogP contribution is -2.31. The van der Waals surface area contributed by atoms with E-state index in [-0.39, 0.29) is 5.63 Å². The molecule has 0 aliphatic carbocycles. The quantitative estimate of drug-likeness (QED) is 0.810. The Balaban J connectivity index is 1.93. The van der Waals surface area contributed by atoms with Gasteiger partial charge < -0.3 is 9.15 Å². The van der Waals surface area contributed by atoms with E-state index in [4.69, 9.17) is 9.15 Å². The molecule has 0 N–H and O–H groups in total. The molecule has 0 bridgehead atoms. The normalized spacial score (nSPS) is 16.2. The number of rotatable bonds is 4. The van der Waals surface area contributed by atoms with Crippen molar-refractivity contribution >= 4 is 11.0 Å². The maximum absolute atomic E-state index is 12.2. The summed E-state index contributed by atoms with van der Waals surface area (Å²) < 4.78 is 11.0. The highest BCUT2D eigenvalue weighted by Gasteiger charge is 2.15. The van der Waals surface area contributed by atoms with Gasteiger partial charge in [0.25, 0.3) is 0 Å². The van der Waals surface area contributed by atoms with Crippen molar-refractivity contribution in [2.75, 3.05) is 19.7 Å². The molecule has 4 heteroatoms. The summed E-state index contributed by atoms with van der Waals surface area (Å²) in [6.07, 6.45) is 3.72. The van der Waals surface area contributed by atoms with Gasteiger partial charge in [0.1, 0.15) is 0 Å². The van der Waals surface area contributed by atoms with Crippen LogP contribution < -0.4 is 10.4 Å². The predicted molar refractivity (Wildman–Crippen MR) is 82.8 cm³/mol. The van der Waals surface area contributed by atoms with Crippen LogP contribution in [0.25, 0.3) is 11.0 Å². The Labute approximate surface area is 124 Å². The molecule has 1 aliphatic heterocycles. The third kappa shape index (κ3) is 3.10. The molecule has 1 aromatic carbocycles. The molecule has 1 aromatic heterocycles. The zero-order chi connectivity index (χ0) is 14.7. The Morgan fingerprint density at radius 1 is 1.24 bits per heavy atom. The van der Waals surface area contributed by atoms with Gasteiger partial charge in [-0.25, -0.2) is 4.79 Å². The molecule has 1 aliphatic rings. The van der Waals surface area contributed by atoms with Crippen LogP contribution in [0.5, 0.6) is 5.75 Å². The van der Waals surface area contributed by atoms with Crippen molar-refractivity contribution in [3.63, 3.8) is 0 Å². The number of fused-ring (bicyclic) bond motifs is 1. The summed E-state index contributed by atoms with van der Waals surface area (Å²) in [6, 6.07) is 7.66. The number of para-hydroxylation sites is 1. The molecule has 112 valence electrons. The first-order valence-electron chi connectivity index (χ1n) is 7.69. The largest absolute Gasteiger partial charge is 0.490 e. The number of hydrogen-bond donors (Lipinski definition) is 0. The van der Waals surface area contributed by atoms with Crippen LogP contribution in [0, 0.1) is 0 Å². The zero-order valence-corrected chi connectivity index (χ0v) is 12.4. The van der Waals surface area contributed by atoms with E-state index in [1.165, 1.54) is 19.3 Å². The lowest BCUT2D eigenvalue weighted by molar-refractivity contribution is 0.218. The van der Waals surface area contributed by atoms with Crippen molar-refractivity contribution in [3.05, 3.63) is 40.2 Å². The SMILES string of the molecule is CCOc1cccc2cc(CN3CCCCC3)c(=O)oc12. The van der Waals surface area contributed by atoms with Crippen LogP contribution >= 0.6 is 0 Å². The third-order valence-corrected chi connectivity index (χ3v) is 3.94. The molecule has 2 heterocycles. The van der Waals surface area contributed by atoms with E-state index in [0.29, 0.717) is 24.5 Å². The van der Waals surface area contributed by atoms with Crippen molar-refractivity contribution in [1.82, 2.24) is 4.90 Å². The lowest BCUT2D eigenvalue weighted by Gasteiger charge is -2.25. The fraction of sp³-hybridized carbons (Fsp3) is 0.471. The highest BCUT2D eigenvalue weighted by molar-refractivity contribution is 5.82. The number of likely N-dealkylation sites (tertiary alicyclic amines) is 1. The van der Waals surface area contributed by atoms with Crippen LogP contribution in [-0.2, 0) is 6.54 Å². The lowest BCUT2D eigenvalue weighted by atomic mass is 10.1. The molecule has 2 aromatic rings. The molecule has 0 amide bonds. The highest BCUT2D eigenvalue weighted by Crippen LogP contribution is 2.25. The Kier molecular flexibility index (Phi) is 4.25. The summed E-state index contributed by atoms with van der Waals surface area (Å²) >= 11 is 0. The van der Waals surface area contributed by atoms with E-state index in [0.717, 1.165) is 24.0 Å². The van der Waals surface area contributed by atoms with Crippen LogP contribution in [-0.4, -0.2) is 24.6 Å². The first-order valence-corrected chi connectivity index (χ1v) is 7.69. The molecular formula is C17H21NO3. The van der Waals surface area contributed by atoms with Gasteiger partial charge in [0.05, 0.1) is 12.2 Å². The fourth-order valence-corrected chi connectivity index (χ4v) is 2.90. The van der Waals surface area contributed by atoms with Gasteiger partial charge in [-0.05, 0) is 45.0 Å². The highest BCUT2D eigenvalue weighted by atomic mass is 16.5. The second kappa shape index (κ2) is 6.31. The van der Waals surface area contributed by atoms with E-state index >= 15 is 0 Å². The van der Waals surface area contributed by atoms with E-state index in [1.807, 2.05) is 31.2 Å². The van der Waals surface area contributed by atoms with Crippen molar-refractivity contribution < 1.29 is 9.15 Å². The molecule has 0 saturated carbocycles. The van der Waals surface area contributed by atoms with Crippen molar-refractivity contribution in [2.24, 2.45) is 0 Å². The maximum atomic E-state index is 12.2. The molecule has 4 nitrogen and oxygen atoms in total. The first-order chi connectivity index (χ1) is 10.3. The maximum Gasteiger partial charge on any atom is 0.340 e. The van der Waals surface area contributed by atoms with Crippen LogP contribution in [0.15, 0.2) is 33.5 Å².